The fourth-order valence-corrected chi connectivity index (χ4v) is 5.71. The molecule has 2 fully saturated rings. The van der Waals surface area contributed by atoms with Crippen molar-refractivity contribution in [2.45, 2.75) is 37.8 Å². The Morgan fingerprint density at radius 1 is 0.976 bits per heavy atom. The van der Waals surface area contributed by atoms with E-state index in [2.05, 4.69) is 50.1 Å². The van der Waals surface area contributed by atoms with Gasteiger partial charge in [-0.05, 0) is 37.8 Å². The first-order valence-corrected chi connectivity index (χ1v) is 13.7. The maximum Gasteiger partial charge on any atom is 0.376 e. The molecule has 4 aliphatic rings. The molecule has 15 nitrogen and oxygen atoms in total. The van der Waals surface area contributed by atoms with E-state index in [1.807, 2.05) is 0 Å². The molecule has 4 bridgehead atoms. The lowest BCUT2D eigenvalue weighted by atomic mass is 10.0. The number of amides is 2. The summed E-state index contributed by atoms with van der Waals surface area (Å²) in [7, 11) is 1.33. The summed E-state index contributed by atoms with van der Waals surface area (Å²) in [5.74, 6) is -0.428. The molecule has 4 aliphatic heterocycles. The lowest BCUT2D eigenvalue weighted by Crippen LogP contribution is -2.56. The Kier molecular flexibility index (Phi) is 7.37. The zero-order valence-electron chi connectivity index (χ0n) is 22.9. The number of carboxylic acid groups (broad SMARTS) is 1. The van der Waals surface area contributed by atoms with Crippen LogP contribution in [0.5, 0.6) is 0 Å². The molecule has 3 aromatic heterocycles. The van der Waals surface area contributed by atoms with Gasteiger partial charge in [-0.25, -0.2) is 39.3 Å². The number of fused-ring (bicyclic) bond motifs is 8. The molecule has 15 heteroatoms. The summed E-state index contributed by atoms with van der Waals surface area (Å²) in [5, 5.41) is 15.3. The molecule has 0 aromatic carbocycles. The van der Waals surface area contributed by atoms with E-state index in [9.17, 15) is 19.5 Å². The number of anilines is 5. The Hall–Kier alpha value is -5.08. The van der Waals surface area contributed by atoms with Gasteiger partial charge >= 0.3 is 18.0 Å². The number of hydrogen-bond donors (Lipinski definition) is 3. The first-order chi connectivity index (χ1) is 20.4. The molecular formula is C27H30N10O5. The SMILES string of the molecule is COC(=O)c1ncc2c(n1)N[C@H]1CCCN2C1.O=C(O)c1ncc2c(n1)N(C(=O)Nc1ccccn1)[C@H]1CCCN2C1. The van der Waals surface area contributed by atoms with Gasteiger partial charge in [-0.15, -0.1) is 0 Å². The quantitative estimate of drug-likeness (QED) is 0.388. The first-order valence-electron chi connectivity index (χ1n) is 13.7. The van der Waals surface area contributed by atoms with Crippen LogP contribution in [-0.2, 0) is 4.74 Å². The number of methoxy groups -OCH3 is 1. The minimum absolute atomic E-state index is 0.0680. The van der Waals surface area contributed by atoms with E-state index in [0.29, 0.717) is 29.9 Å². The Balaban J connectivity index is 0.000000162. The van der Waals surface area contributed by atoms with Gasteiger partial charge in [-0.1, -0.05) is 6.07 Å². The number of ether oxygens (including phenoxy) is 1. The highest BCUT2D eigenvalue weighted by Gasteiger charge is 2.39. The van der Waals surface area contributed by atoms with Gasteiger partial charge in [0, 0.05) is 38.4 Å². The molecule has 0 spiro atoms. The van der Waals surface area contributed by atoms with Crippen LogP contribution in [0.2, 0.25) is 0 Å². The molecule has 0 radical (unpaired) electrons. The standard InChI is InChI=1S/C16H16N6O3.C11H14N4O2/c23-15(24)13-18-8-11-14(20-13)22(10-4-3-7-21(11)9-10)16(25)19-12-5-1-2-6-17-12;1-17-11(16)10-12-5-8-9(14-10)13-7-3-2-4-15(8)6-7/h1-2,5-6,8,10H,3-4,7,9H2,(H,23,24)(H,17,19,25);5,7H,2-4,6H2,1H3,(H,12,13,14)/t10-;7-/m00/s1. The molecule has 2 atom stereocenters. The van der Waals surface area contributed by atoms with Crippen LogP contribution >= 0.6 is 0 Å². The number of pyridine rings is 1. The lowest BCUT2D eigenvalue weighted by Gasteiger charge is -2.45. The molecule has 7 rings (SSSR count). The summed E-state index contributed by atoms with van der Waals surface area (Å²) in [6.45, 7) is 3.55. The van der Waals surface area contributed by atoms with Gasteiger partial charge in [0.05, 0.1) is 36.9 Å². The van der Waals surface area contributed by atoms with E-state index < -0.39 is 11.9 Å². The number of hydrogen-bond acceptors (Lipinski definition) is 12. The van der Waals surface area contributed by atoms with Crippen LogP contribution in [-0.4, -0.2) is 93.4 Å². The highest BCUT2D eigenvalue weighted by molar-refractivity contribution is 6.04. The minimum Gasteiger partial charge on any atom is -0.475 e. The number of rotatable bonds is 3. The number of esters is 1. The average molecular weight is 575 g/mol. The van der Waals surface area contributed by atoms with Gasteiger partial charge in [0.25, 0.3) is 0 Å². The zero-order valence-corrected chi connectivity index (χ0v) is 22.9. The topological polar surface area (TPSA) is 179 Å². The Morgan fingerprint density at radius 2 is 1.74 bits per heavy atom. The smallest absolute Gasteiger partial charge is 0.376 e. The van der Waals surface area contributed by atoms with Gasteiger partial charge in [0.1, 0.15) is 5.82 Å². The summed E-state index contributed by atoms with van der Waals surface area (Å²) in [5.41, 5.74) is 1.66. The molecule has 7 heterocycles. The summed E-state index contributed by atoms with van der Waals surface area (Å²) in [6.07, 6.45) is 8.86. The van der Waals surface area contributed by atoms with E-state index in [1.54, 1.807) is 30.6 Å². The number of nitrogens with one attached hydrogen (secondary N) is 2. The number of piperidine rings is 2. The van der Waals surface area contributed by atoms with Crippen molar-refractivity contribution in [1.82, 2.24) is 24.9 Å². The number of carbonyl (C=O) groups excluding carboxylic acids is 2. The van der Waals surface area contributed by atoms with Crippen molar-refractivity contribution in [2.75, 3.05) is 58.6 Å². The van der Waals surface area contributed by atoms with Crippen LogP contribution < -0.4 is 25.3 Å². The molecule has 42 heavy (non-hydrogen) atoms. The molecule has 0 aliphatic carbocycles. The van der Waals surface area contributed by atoms with Crippen molar-refractivity contribution >= 4 is 46.8 Å². The molecule has 3 aromatic rings. The number of aromatic nitrogens is 5. The number of carboxylic acids is 1. The Bertz CT molecular complexity index is 1510. The van der Waals surface area contributed by atoms with Crippen LogP contribution in [0.3, 0.4) is 0 Å². The summed E-state index contributed by atoms with van der Waals surface area (Å²) >= 11 is 0. The molecule has 0 unspecified atom stereocenters. The molecular weight excluding hydrogens is 544 g/mol. The third-order valence-electron chi connectivity index (χ3n) is 7.63. The largest absolute Gasteiger partial charge is 0.475 e. The Morgan fingerprint density at radius 3 is 2.50 bits per heavy atom. The summed E-state index contributed by atoms with van der Waals surface area (Å²) in [6, 6.07) is 5.22. The second-order valence-corrected chi connectivity index (χ2v) is 10.3. The predicted octanol–water partition coefficient (Wildman–Crippen LogP) is 2.25. The second kappa shape index (κ2) is 11.4. The third kappa shape index (κ3) is 5.32. The van der Waals surface area contributed by atoms with Gasteiger partial charge in [0.15, 0.2) is 11.6 Å². The monoisotopic (exact) mass is 574 g/mol. The number of aromatic carboxylic acids is 1. The van der Waals surface area contributed by atoms with E-state index >= 15 is 0 Å². The predicted molar refractivity (Wildman–Crippen MR) is 152 cm³/mol. The maximum atomic E-state index is 12.9. The fourth-order valence-electron chi connectivity index (χ4n) is 5.71. The fraction of sp³-hybridized carbons (Fsp3) is 0.407. The van der Waals surface area contributed by atoms with Gasteiger partial charge in [-0.2, -0.15) is 0 Å². The van der Waals surface area contributed by atoms with E-state index in [0.717, 1.165) is 50.4 Å². The minimum atomic E-state index is -1.22. The van der Waals surface area contributed by atoms with E-state index in [-0.39, 0.29) is 23.7 Å². The van der Waals surface area contributed by atoms with E-state index in [4.69, 9.17) is 0 Å². The lowest BCUT2D eigenvalue weighted by molar-refractivity contribution is 0.0586. The van der Waals surface area contributed by atoms with Crippen LogP contribution in [0.1, 0.15) is 46.9 Å². The average Bonchev–Trinajstić information content (AvgIpc) is 3.01. The summed E-state index contributed by atoms with van der Waals surface area (Å²) in [4.78, 5) is 61.7. The Labute approximate surface area is 241 Å². The molecule has 218 valence electrons. The molecule has 0 saturated carbocycles. The van der Waals surface area contributed by atoms with Crippen LogP contribution in [0.25, 0.3) is 0 Å². The van der Waals surface area contributed by atoms with Gasteiger partial charge in [-0.3, -0.25) is 10.2 Å². The van der Waals surface area contributed by atoms with Crippen molar-refractivity contribution in [1.29, 1.82) is 0 Å². The molecule has 2 amide bonds. The van der Waals surface area contributed by atoms with Gasteiger partial charge in [0.2, 0.25) is 11.6 Å². The van der Waals surface area contributed by atoms with Crippen molar-refractivity contribution in [2.24, 2.45) is 0 Å². The normalized spacial score (nSPS) is 19.7. The highest BCUT2D eigenvalue weighted by atomic mass is 16.5. The van der Waals surface area contributed by atoms with Crippen molar-refractivity contribution < 1.29 is 24.2 Å². The van der Waals surface area contributed by atoms with E-state index in [1.165, 1.54) is 24.6 Å². The number of urea groups is 1. The molecule has 3 N–H and O–H groups in total. The van der Waals surface area contributed by atoms with Crippen LogP contribution in [0.15, 0.2) is 36.8 Å². The number of carbonyl (C=O) groups is 3. The molecule has 2 saturated heterocycles. The first kappa shape index (κ1) is 27.1. The zero-order chi connectivity index (χ0) is 29.2. The van der Waals surface area contributed by atoms with Crippen molar-refractivity contribution in [3.05, 3.63) is 48.4 Å². The number of nitrogens with zero attached hydrogens (tertiary/aromatic N) is 8. The third-order valence-corrected chi connectivity index (χ3v) is 7.63. The van der Waals surface area contributed by atoms with Crippen LogP contribution in [0.4, 0.5) is 33.6 Å². The van der Waals surface area contributed by atoms with Crippen molar-refractivity contribution in [3.8, 4) is 0 Å². The second-order valence-electron chi connectivity index (χ2n) is 10.3. The van der Waals surface area contributed by atoms with Crippen LogP contribution in [0, 0.1) is 0 Å². The van der Waals surface area contributed by atoms with Gasteiger partial charge < -0.3 is 25.0 Å². The summed E-state index contributed by atoms with van der Waals surface area (Å²) < 4.78 is 4.62. The highest BCUT2D eigenvalue weighted by Crippen LogP contribution is 2.37. The van der Waals surface area contributed by atoms with Crippen molar-refractivity contribution in [3.63, 3.8) is 0 Å². The maximum absolute atomic E-state index is 12.9.